The molecule has 1 aromatic carbocycles. The molecule has 0 unspecified atom stereocenters. The van der Waals surface area contributed by atoms with E-state index in [0.29, 0.717) is 42.7 Å². The number of nitrogens with one attached hydrogen (secondary N) is 1. The average Bonchev–Trinajstić information content (AvgIpc) is 2.60. The highest BCUT2D eigenvalue weighted by molar-refractivity contribution is 6.32. The van der Waals surface area contributed by atoms with E-state index in [4.69, 9.17) is 21.1 Å². The number of halogens is 1. The standard InChI is InChI=1S/C18H25ClN2O3/c19-15-11-14(12-16-18(15)24-10-9-23-16)13-17(22)20-5-4-8-21-6-2-1-3-7-21/h11-12H,1-10,13H2,(H,20,22). The Morgan fingerprint density at radius 3 is 2.79 bits per heavy atom. The Balaban J connectivity index is 1.42. The maximum Gasteiger partial charge on any atom is 0.224 e. The number of carbonyl (C=O) groups excluding carboxylic acids is 1. The normalized spacial score (nSPS) is 17.5. The first-order chi connectivity index (χ1) is 11.7. The van der Waals surface area contributed by atoms with Crippen molar-refractivity contribution in [1.82, 2.24) is 10.2 Å². The van der Waals surface area contributed by atoms with Crippen LogP contribution in [0.2, 0.25) is 5.02 Å². The fourth-order valence-electron chi connectivity index (χ4n) is 3.23. The van der Waals surface area contributed by atoms with Gasteiger partial charge in [0.25, 0.3) is 0 Å². The topological polar surface area (TPSA) is 50.8 Å². The van der Waals surface area contributed by atoms with Crippen LogP contribution in [-0.4, -0.2) is 50.2 Å². The zero-order valence-electron chi connectivity index (χ0n) is 14.0. The lowest BCUT2D eigenvalue weighted by atomic mass is 10.1. The minimum atomic E-state index is 0.0152. The number of piperidine rings is 1. The zero-order chi connectivity index (χ0) is 16.8. The van der Waals surface area contributed by atoms with Crippen molar-refractivity contribution in [1.29, 1.82) is 0 Å². The maximum absolute atomic E-state index is 12.1. The molecule has 2 aliphatic heterocycles. The zero-order valence-corrected chi connectivity index (χ0v) is 14.7. The summed E-state index contributed by atoms with van der Waals surface area (Å²) in [4.78, 5) is 14.6. The third kappa shape index (κ3) is 4.77. The van der Waals surface area contributed by atoms with Gasteiger partial charge in [-0.2, -0.15) is 0 Å². The van der Waals surface area contributed by atoms with Crippen molar-refractivity contribution < 1.29 is 14.3 Å². The van der Waals surface area contributed by atoms with Gasteiger partial charge in [-0.05, 0) is 56.6 Å². The van der Waals surface area contributed by atoms with Gasteiger partial charge in [-0.3, -0.25) is 4.79 Å². The van der Waals surface area contributed by atoms with Crippen molar-refractivity contribution in [3.8, 4) is 11.5 Å². The van der Waals surface area contributed by atoms with Gasteiger partial charge in [0.05, 0.1) is 11.4 Å². The fourth-order valence-corrected chi connectivity index (χ4v) is 3.52. The molecule has 0 radical (unpaired) electrons. The van der Waals surface area contributed by atoms with Gasteiger partial charge in [-0.25, -0.2) is 0 Å². The van der Waals surface area contributed by atoms with Crippen molar-refractivity contribution in [3.05, 3.63) is 22.7 Å². The molecule has 1 saturated heterocycles. The second-order valence-electron chi connectivity index (χ2n) is 6.38. The minimum absolute atomic E-state index is 0.0152. The van der Waals surface area contributed by atoms with E-state index < -0.39 is 0 Å². The number of rotatable bonds is 6. The van der Waals surface area contributed by atoms with Gasteiger partial charge in [0.15, 0.2) is 11.5 Å². The first kappa shape index (κ1) is 17.4. The number of likely N-dealkylation sites (tertiary alicyclic amines) is 1. The number of ether oxygens (including phenoxy) is 2. The Morgan fingerprint density at radius 2 is 1.96 bits per heavy atom. The largest absolute Gasteiger partial charge is 0.486 e. The SMILES string of the molecule is O=C(Cc1cc(Cl)c2c(c1)OCCO2)NCCCN1CCCCC1. The van der Waals surface area contributed by atoms with Gasteiger partial charge < -0.3 is 19.7 Å². The summed E-state index contributed by atoms with van der Waals surface area (Å²) in [6, 6.07) is 3.62. The van der Waals surface area contributed by atoms with E-state index in [9.17, 15) is 4.79 Å². The third-order valence-corrected chi connectivity index (χ3v) is 4.72. The summed E-state index contributed by atoms with van der Waals surface area (Å²) in [5.41, 5.74) is 0.845. The Hall–Kier alpha value is -1.46. The molecule has 1 fully saturated rings. The van der Waals surface area contributed by atoms with Crippen molar-refractivity contribution in [2.45, 2.75) is 32.1 Å². The summed E-state index contributed by atoms with van der Waals surface area (Å²) in [7, 11) is 0. The summed E-state index contributed by atoms with van der Waals surface area (Å²) in [5.74, 6) is 1.22. The number of hydrogen-bond acceptors (Lipinski definition) is 4. The van der Waals surface area contributed by atoms with Crippen LogP contribution in [0.3, 0.4) is 0 Å². The number of amides is 1. The molecule has 2 aliphatic rings. The van der Waals surface area contributed by atoms with Crippen molar-refractivity contribution >= 4 is 17.5 Å². The summed E-state index contributed by atoms with van der Waals surface area (Å²) in [5, 5.41) is 3.49. The number of benzene rings is 1. The molecule has 24 heavy (non-hydrogen) atoms. The van der Waals surface area contributed by atoms with Crippen LogP contribution in [0.5, 0.6) is 11.5 Å². The van der Waals surface area contributed by atoms with Gasteiger partial charge in [0, 0.05) is 6.54 Å². The lowest BCUT2D eigenvalue weighted by molar-refractivity contribution is -0.120. The molecule has 2 heterocycles. The van der Waals surface area contributed by atoms with Crippen molar-refractivity contribution in [2.75, 3.05) is 39.4 Å². The molecule has 1 aromatic rings. The number of nitrogens with zero attached hydrogens (tertiary/aromatic N) is 1. The number of carbonyl (C=O) groups is 1. The highest BCUT2D eigenvalue weighted by atomic mass is 35.5. The second-order valence-corrected chi connectivity index (χ2v) is 6.79. The highest BCUT2D eigenvalue weighted by Crippen LogP contribution is 2.38. The predicted octanol–water partition coefficient (Wildman–Crippen LogP) is 2.65. The van der Waals surface area contributed by atoms with E-state index >= 15 is 0 Å². The molecule has 0 saturated carbocycles. The van der Waals surface area contributed by atoms with Gasteiger partial charge in [0.2, 0.25) is 5.91 Å². The second kappa shape index (κ2) is 8.58. The summed E-state index contributed by atoms with van der Waals surface area (Å²) < 4.78 is 11.0. The Morgan fingerprint density at radius 1 is 1.17 bits per heavy atom. The van der Waals surface area contributed by atoms with Gasteiger partial charge in [-0.1, -0.05) is 18.0 Å². The van der Waals surface area contributed by atoms with Gasteiger partial charge in [0.1, 0.15) is 13.2 Å². The van der Waals surface area contributed by atoms with E-state index in [1.807, 2.05) is 6.07 Å². The van der Waals surface area contributed by atoms with E-state index in [0.717, 1.165) is 18.5 Å². The van der Waals surface area contributed by atoms with E-state index in [2.05, 4.69) is 10.2 Å². The molecule has 0 aromatic heterocycles. The molecule has 6 heteroatoms. The monoisotopic (exact) mass is 352 g/mol. The first-order valence-corrected chi connectivity index (χ1v) is 9.17. The molecular weight excluding hydrogens is 328 g/mol. The van der Waals surface area contributed by atoms with Gasteiger partial charge >= 0.3 is 0 Å². The maximum atomic E-state index is 12.1. The lowest BCUT2D eigenvalue weighted by Gasteiger charge is -2.26. The van der Waals surface area contributed by atoms with E-state index in [1.165, 1.54) is 32.4 Å². The molecule has 1 N–H and O–H groups in total. The van der Waals surface area contributed by atoms with Crippen LogP contribution in [0.25, 0.3) is 0 Å². The molecule has 0 bridgehead atoms. The van der Waals surface area contributed by atoms with Crippen molar-refractivity contribution in [3.63, 3.8) is 0 Å². The summed E-state index contributed by atoms with van der Waals surface area (Å²) in [6.45, 7) is 5.19. The summed E-state index contributed by atoms with van der Waals surface area (Å²) >= 11 is 6.20. The van der Waals surface area contributed by atoms with Gasteiger partial charge in [-0.15, -0.1) is 0 Å². The van der Waals surface area contributed by atoms with Crippen LogP contribution in [0, 0.1) is 0 Å². The first-order valence-electron chi connectivity index (χ1n) is 8.79. The minimum Gasteiger partial charge on any atom is -0.486 e. The molecule has 1 amide bonds. The quantitative estimate of drug-likeness (QED) is 0.800. The molecule has 3 rings (SSSR count). The number of fused-ring (bicyclic) bond motifs is 1. The molecular formula is C18H25ClN2O3. The van der Waals surface area contributed by atoms with E-state index in [-0.39, 0.29) is 5.91 Å². The van der Waals surface area contributed by atoms with Crippen LogP contribution in [0.15, 0.2) is 12.1 Å². The molecule has 132 valence electrons. The Bertz CT molecular complexity index is 574. The van der Waals surface area contributed by atoms with Crippen LogP contribution < -0.4 is 14.8 Å². The van der Waals surface area contributed by atoms with Crippen LogP contribution in [-0.2, 0) is 11.2 Å². The third-order valence-electron chi connectivity index (χ3n) is 4.44. The average molecular weight is 353 g/mol. The highest BCUT2D eigenvalue weighted by Gasteiger charge is 2.17. The molecule has 0 aliphatic carbocycles. The molecule has 0 atom stereocenters. The van der Waals surface area contributed by atoms with Crippen LogP contribution in [0.4, 0.5) is 0 Å². The van der Waals surface area contributed by atoms with Crippen molar-refractivity contribution in [2.24, 2.45) is 0 Å². The summed E-state index contributed by atoms with van der Waals surface area (Å²) in [6.07, 6.45) is 5.26. The Labute approximate surface area is 148 Å². The molecule has 5 nitrogen and oxygen atoms in total. The number of hydrogen-bond donors (Lipinski definition) is 1. The smallest absolute Gasteiger partial charge is 0.224 e. The Kier molecular flexibility index (Phi) is 6.21. The van der Waals surface area contributed by atoms with Crippen LogP contribution in [0.1, 0.15) is 31.2 Å². The van der Waals surface area contributed by atoms with Crippen LogP contribution >= 0.6 is 11.6 Å². The lowest BCUT2D eigenvalue weighted by Crippen LogP contribution is -2.33. The van der Waals surface area contributed by atoms with E-state index in [1.54, 1.807) is 6.07 Å². The molecule has 0 spiro atoms. The predicted molar refractivity (Wildman–Crippen MR) is 94.1 cm³/mol. The fraction of sp³-hybridized carbons (Fsp3) is 0.611.